The zero-order chi connectivity index (χ0) is 25.8. The molecule has 35 heavy (non-hydrogen) atoms. The number of aryl methyl sites for hydroxylation is 2. The molecule has 0 radical (unpaired) electrons. The predicted octanol–water partition coefficient (Wildman–Crippen LogP) is 1.98. The summed E-state index contributed by atoms with van der Waals surface area (Å²) in [7, 11) is 3.16. The number of nitrogens with zero attached hydrogens (tertiary/aromatic N) is 10. The molecule has 0 saturated heterocycles. The molecular weight excluding hydrogens is 557 g/mol. The molecule has 14 nitrogen and oxygen atoms in total. The van der Waals surface area contributed by atoms with Crippen molar-refractivity contribution in [3.05, 3.63) is 21.6 Å². The first kappa shape index (κ1) is 26.4. The first-order valence-electron chi connectivity index (χ1n) is 8.72. The fourth-order valence-electron chi connectivity index (χ4n) is 2.02. The summed E-state index contributed by atoms with van der Waals surface area (Å²) < 4.78 is 38.4. The maximum Gasteiger partial charge on any atom is 0.435 e. The van der Waals surface area contributed by atoms with E-state index in [1.807, 2.05) is 0 Å². The number of hydrogen-bond acceptors (Lipinski definition) is 14. The van der Waals surface area contributed by atoms with Gasteiger partial charge in [0.25, 0.3) is 0 Å². The predicted molar refractivity (Wildman–Crippen MR) is 113 cm³/mol. The summed E-state index contributed by atoms with van der Waals surface area (Å²) in [5, 5.41) is 41.9. The number of carboxylic acids is 2. The van der Waals surface area contributed by atoms with Gasteiger partial charge in [0.1, 0.15) is 4.88 Å². The number of hydrogen-bond donors (Lipinski definition) is 2. The lowest BCUT2D eigenvalue weighted by molar-refractivity contribution is -0.141. The van der Waals surface area contributed by atoms with Crippen LogP contribution >= 0.6 is 46.2 Å². The van der Waals surface area contributed by atoms with Crippen molar-refractivity contribution in [2.75, 3.05) is 0 Å². The van der Waals surface area contributed by atoms with Gasteiger partial charge in [-0.1, -0.05) is 11.3 Å². The van der Waals surface area contributed by atoms with E-state index in [2.05, 4.69) is 40.8 Å². The molecule has 0 amide bonds. The third-order valence-electron chi connectivity index (χ3n) is 3.27. The number of aromatic carboxylic acids is 1. The molecule has 4 aromatic rings. The van der Waals surface area contributed by atoms with Crippen molar-refractivity contribution in [3.8, 4) is 0 Å². The van der Waals surface area contributed by atoms with Gasteiger partial charge in [-0.3, -0.25) is 4.79 Å². The van der Waals surface area contributed by atoms with Crippen LogP contribution in [0.1, 0.15) is 21.1 Å². The van der Waals surface area contributed by atoms with Gasteiger partial charge >= 0.3 is 18.1 Å². The summed E-state index contributed by atoms with van der Waals surface area (Å²) >= 11 is 3.76. The van der Waals surface area contributed by atoms with Crippen LogP contribution in [0.4, 0.5) is 13.2 Å². The number of aliphatic carboxylic acids is 1. The van der Waals surface area contributed by atoms with Gasteiger partial charge in [-0.25, -0.2) is 14.8 Å². The van der Waals surface area contributed by atoms with E-state index < -0.39 is 28.7 Å². The van der Waals surface area contributed by atoms with Crippen LogP contribution in [0.3, 0.4) is 0 Å². The maximum atomic E-state index is 12.6. The van der Waals surface area contributed by atoms with E-state index in [0.717, 1.165) is 4.80 Å². The first-order valence-corrected chi connectivity index (χ1v) is 12.0. The van der Waals surface area contributed by atoms with Crippen molar-refractivity contribution in [3.63, 3.8) is 0 Å². The summed E-state index contributed by atoms with van der Waals surface area (Å²) in [6.07, 6.45) is -4.89. The van der Waals surface area contributed by atoms with Gasteiger partial charge in [0.2, 0.25) is 10.3 Å². The quantitative estimate of drug-likeness (QED) is 0.329. The topological polar surface area (TPSA) is 188 Å². The largest absolute Gasteiger partial charge is 0.481 e. The van der Waals surface area contributed by atoms with Crippen molar-refractivity contribution in [2.45, 2.75) is 31.6 Å². The second kappa shape index (κ2) is 11.0. The molecule has 0 unspecified atom stereocenters. The Morgan fingerprint density at radius 2 is 1.57 bits per heavy atom. The Bertz CT molecular complexity index is 1330. The molecule has 0 aromatic carbocycles. The zero-order valence-corrected chi connectivity index (χ0v) is 20.5. The number of thiazole rings is 2. The van der Waals surface area contributed by atoms with E-state index in [-0.39, 0.29) is 15.9 Å². The Balaban J connectivity index is 0.000000198. The Morgan fingerprint density at radius 1 is 1.00 bits per heavy atom. The third-order valence-corrected chi connectivity index (χ3v) is 7.05. The van der Waals surface area contributed by atoms with Gasteiger partial charge in [0.05, 0.1) is 26.2 Å². The number of carbonyl (C=O) groups is 2. The molecule has 2 N–H and O–H groups in total. The van der Waals surface area contributed by atoms with Gasteiger partial charge in [-0.15, -0.1) is 31.7 Å². The van der Waals surface area contributed by atoms with E-state index in [0.29, 0.717) is 38.3 Å². The lowest BCUT2D eigenvalue weighted by atomic mass is 10.3. The van der Waals surface area contributed by atoms with E-state index in [1.54, 1.807) is 12.4 Å². The van der Waals surface area contributed by atoms with Gasteiger partial charge in [0.15, 0.2) is 14.4 Å². The molecule has 0 spiro atoms. The minimum Gasteiger partial charge on any atom is -0.481 e. The number of rotatable bonds is 7. The van der Waals surface area contributed by atoms with Crippen LogP contribution in [-0.4, -0.2) is 72.5 Å². The van der Waals surface area contributed by atoms with Gasteiger partial charge in [0, 0.05) is 5.38 Å². The number of halogens is 3. The molecule has 4 rings (SSSR count). The Morgan fingerprint density at radius 3 is 2.00 bits per heavy atom. The maximum absolute atomic E-state index is 12.6. The molecule has 21 heteroatoms. The van der Waals surface area contributed by atoms with Crippen molar-refractivity contribution in [2.24, 2.45) is 14.1 Å². The number of carboxylic acid groups (broad SMARTS) is 2. The van der Waals surface area contributed by atoms with E-state index in [9.17, 15) is 22.8 Å². The van der Waals surface area contributed by atoms with Crippen LogP contribution in [0.2, 0.25) is 0 Å². The molecule has 4 aromatic heterocycles. The Hall–Kier alpha value is -3.17. The highest BCUT2D eigenvalue weighted by atomic mass is 32.2. The molecule has 0 atom stereocenters. The second-order valence-electron chi connectivity index (χ2n) is 5.96. The highest BCUT2D eigenvalue weighted by Gasteiger charge is 2.40. The second-order valence-corrected chi connectivity index (χ2v) is 10.2. The lowest BCUT2D eigenvalue weighted by Crippen LogP contribution is -2.11. The van der Waals surface area contributed by atoms with Crippen LogP contribution in [-0.2, 0) is 31.5 Å². The highest BCUT2D eigenvalue weighted by molar-refractivity contribution is 8.01. The fourth-order valence-corrected chi connectivity index (χ4v) is 5.51. The molecule has 0 bridgehead atoms. The Labute approximate surface area is 208 Å². The van der Waals surface area contributed by atoms with Gasteiger partial charge in [-0.05, 0) is 34.0 Å². The summed E-state index contributed by atoms with van der Waals surface area (Å²) in [5.41, 5.74) is -0.875. The molecule has 4 heterocycles. The average Bonchev–Trinajstić information content (AvgIpc) is 3.52. The monoisotopic (exact) mass is 568 g/mol. The molecular formula is C14H11F3N10O4S4. The smallest absolute Gasteiger partial charge is 0.435 e. The fraction of sp³-hybridized carbons (Fsp3) is 0.286. The first-order chi connectivity index (χ1) is 16.4. The SMILES string of the molecule is Cn1nnc(Sc2nc(C(F)(F)F)c(C(=O)O)s2)n1.Cn1nnc(Sc2nc(CC(=O)O)cs2)n1. The molecule has 0 aliphatic rings. The normalized spacial score (nSPS) is 11.2. The van der Waals surface area contributed by atoms with Crippen molar-refractivity contribution in [1.29, 1.82) is 0 Å². The highest BCUT2D eigenvalue weighted by Crippen LogP contribution is 2.38. The van der Waals surface area contributed by atoms with E-state index >= 15 is 0 Å². The lowest BCUT2D eigenvalue weighted by Gasteiger charge is -2.02. The molecule has 0 aliphatic carbocycles. The Kier molecular flexibility index (Phi) is 8.34. The van der Waals surface area contributed by atoms with Crippen LogP contribution < -0.4 is 0 Å². The minimum atomic E-state index is -4.82. The average molecular weight is 569 g/mol. The van der Waals surface area contributed by atoms with Crippen LogP contribution in [0.5, 0.6) is 0 Å². The summed E-state index contributed by atoms with van der Waals surface area (Å²) in [4.78, 5) is 30.2. The third kappa shape index (κ3) is 7.66. The minimum absolute atomic E-state index is 0.0645. The van der Waals surface area contributed by atoms with Crippen LogP contribution in [0.15, 0.2) is 24.4 Å². The van der Waals surface area contributed by atoms with Crippen molar-refractivity contribution >= 4 is 58.1 Å². The van der Waals surface area contributed by atoms with Gasteiger partial charge in [-0.2, -0.15) is 22.8 Å². The van der Waals surface area contributed by atoms with Gasteiger partial charge < -0.3 is 10.2 Å². The number of aromatic nitrogens is 10. The summed E-state index contributed by atoms with van der Waals surface area (Å²) in [6.45, 7) is 0. The molecule has 0 saturated carbocycles. The zero-order valence-electron chi connectivity index (χ0n) is 17.2. The van der Waals surface area contributed by atoms with E-state index in [4.69, 9.17) is 10.2 Å². The molecule has 0 aliphatic heterocycles. The summed E-state index contributed by atoms with van der Waals surface area (Å²) in [6, 6.07) is 0. The van der Waals surface area contributed by atoms with E-state index in [1.165, 1.54) is 34.9 Å². The van der Waals surface area contributed by atoms with Crippen molar-refractivity contribution < 1.29 is 33.0 Å². The van der Waals surface area contributed by atoms with Crippen molar-refractivity contribution in [1.82, 2.24) is 50.4 Å². The standard InChI is InChI=1S/C7H4F3N5O2S2.C7H7N5O2S2/c1-15-13-5(12-14-15)19-6-11-3(7(8,9)10)2(18-6)4(16)17;1-12-10-6(9-11-12)16-7-8-4(3-15-7)2-5(13)14/h1H3,(H,16,17);3H,2H2,1H3,(H,13,14). The summed E-state index contributed by atoms with van der Waals surface area (Å²) in [5.74, 6) is -2.57. The van der Waals surface area contributed by atoms with Crippen LogP contribution in [0, 0.1) is 0 Å². The van der Waals surface area contributed by atoms with Crippen LogP contribution in [0.25, 0.3) is 0 Å². The molecule has 0 fully saturated rings. The molecule has 186 valence electrons. The number of alkyl halides is 3. The number of tetrazole rings is 2.